The first kappa shape index (κ1) is 34.9. The number of hydrogen-bond donors (Lipinski definition) is 4. The van der Waals surface area contributed by atoms with Crippen LogP contribution in [0.2, 0.25) is 0 Å². The normalized spacial score (nSPS) is 23.3. The summed E-state index contributed by atoms with van der Waals surface area (Å²) in [7, 11) is 3.81. The van der Waals surface area contributed by atoms with Crippen molar-refractivity contribution in [1.29, 1.82) is 0 Å². The summed E-state index contributed by atoms with van der Waals surface area (Å²) in [6, 6.07) is 2.69. The number of Topliss-reactive ketones (excluding diaryl/α,β-unsaturated/α-hetero) is 2. The number of hydrogen-bond acceptors (Lipinski definition) is 7. The minimum absolute atomic E-state index is 0.0661. The minimum Gasteiger partial charge on any atom is -0.378 e. The molecule has 12 heteroatoms. The van der Waals surface area contributed by atoms with Crippen molar-refractivity contribution < 1.29 is 28.8 Å². The molecule has 12 nitrogen and oxygen atoms in total. The number of likely N-dealkylation sites (tertiary alicyclic amines) is 1. The summed E-state index contributed by atoms with van der Waals surface area (Å²) in [5.74, 6) is -2.95. The Morgan fingerprint density at radius 2 is 1.59 bits per heavy atom. The number of nitrogens with zero attached hydrogens (tertiary/aromatic N) is 2. The van der Waals surface area contributed by atoms with Gasteiger partial charge >= 0.3 is 6.03 Å². The molecule has 2 saturated carbocycles. The predicted molar refractivity (Wildman–Crippen MR) is 174 cm³/mol. The third-order valence-electron chi connectivity index (χ3n) is 9.99. The van der Waals surface area contributed by atoms with Gasteiger partial charge in [0.2, 0.25) is 17.6 Å². The Labute approximate surface area is 271 Å². The summed E-state index contributed by atoms with van der Waals surface area (Å²) in [6.45, 7) is 11.7. The number of carbonyl (C=O) groups excluding carboxylic acids is 6. The molecule has 5 N–H and O–H groups in total. The van der Waals surface area contributed by atoms with Crippen molar-refractivity contribution in [3.63, 3.8) is 0 Å². The van der Waals surface area contributed by atoms with Crippen LogP contribution >= 0.6 is 0 Å². The lowest BCUT2D eigenvalue weighted by Gasteiger charge is -2.38. The van der Waals surface area contributed by atoms with E-state index in [4.69, 9.17) is 5.73 Å². The second-order valence-corrected chi connectivity index (χ2v) is 15.0. The molecule has 3 aliphatic rings. The van der Waals surface area contributed by atoms with Crippen LogP contribution in [0.1, 0.15) is 77.6 Å². The van der Waals surface area contributed by atoms with Crippen LogP contribution in [0.5, 0.6) is 0 Å². The molecule has 252 valence electrons. The van der Waals surface area contributed by atoms with E-state index in [1.165, 1.54) is 4.90 Å². The summed E-state index contributed by atoms with van der Waals surface area (Å²) < 4.78 is 0. The van der Waals surface area contributed by atoms with Crippen molar-refractivity contribution in [3.05, 3.63) is 29.8 Å². The molecule has 4 rings (SSSR count). The van der Waals surface area contributed by atoms with E-state index >= 15 is 0 Å². The number of carbonyl (C=O) groups is 6. The summed E-state index contributed by atoms with van der Waals surface area (Å²) in [6.07, 6.45) is 2.50. The minimum atomic E-state index is -1.10. The smallest absolute Gasteiger partial charge is 0.316 e. The molecule has 0 radical (unpaired) electrons. The fourth-order valence-corrected chi connectivity index (χ4v) is 6.78. The van der Waals surface area contributed by atoms with Gasteiger partial charge in [0, 0.05) is 31.9 Å². The predicted octanol–water partition coefficient (Wildman–Crippen LogP) is 2.25. The van der Waals surface area contributed by atoms with Crippen molar-refractivity contribution in [1.82, 2.24) is 20.9 Å². The van der Waals surface area contributed by atoms with Crippen molar-refractivity contribution >= 4 is 41.0 Å². The summed E-state index contributed by atoms with van der Waals surface area (Å²) in [5, 5.41) is 8.30. The number of urea groups is 1. The molecule has 2 aliphatic carbocycles. The number of ketones is 2. The number of fused-ring (bicyclic) bond motifs is 1. The second-order valence-electron chi connectivity index (χ2n) is 15.0. The van der Waals surface area contributed by atoms with Gasteiger partial charge in [-0.05, 0) is 65.7 Å². The van der Waals surface area contributed by atoms with Crippen molar-refractivity contribution in [2.75, 3.05) is 25.5 Å². The number of nitrogens with two attached hydrogens (primary N) is 1. The zero-order chi connectivity index (χ0) is 34.3. The zero-order valence-corrected chi connectivity index (χ0v) is 28.3. The van der Waals surface area contributed by atoms with Crippen LogP contribution in [0.25, 0.3) is 0 Å². The highest BCUT2D eigenvalue weighted by Crippen LogP contribution is 2.65. The van der Waals surface area contributed by atoms with E-state index in [9.17, 15) is 28.8 Å². The van der Waals surface area contributed by atoms with Crippen LogP contribution in [0.15, 0.2) is 24.3 Å². The molecule has 1 unspecified atom stereocenters. The Morgan fingerprint density at radius 3 is 2.09 bits per heavy atom. The molecule has 46 heavy (non-hydrogen) atoms. The maximum absolute atomic E-state index is 14.2. The van der Waals surface area contributed by atoms with Crippen LogP contribution in [0.4, 0.5) is 10.5 Å². The number of rotatable bonds is 13. The maximum atomic E-state index is 14.2. The highest BCUT2D eigenvalue weighted by Gasteiger charge is 2.70. The number of benzene rings is 1. The third-order valence-corrected chi connectivity index (χ3v) is 9.99. The monoisotopic (exact) mass is 638 g/mol. The van der Waals surface area contributed by atoms with E-state index in [1.807, 2.05) is 65.7 Å². The molecule has 5 amide bonds. The van der Waals surface area contributed by atoms with Crippen LogP contribution in [-0.4, -0.2) is 85.0 Å². The molecule has 6 atom stereocenters. The lowest BCUT2D eigenvalue weighted by atomic mass is 9.85. The van der Waals surface area contributed by atoms with Crippen LogP contribution < -0.4 is 26.6 Å². The number of nitrogens with one attached hydrogen (secondary N) is 3. The average Bonchev–Trinajstić information content (AvgIpc) is 3.84. The van der Waals surface area contributed by atoms with Gasteiger partial charge in [-0.15, -0.1) is 0 Å². The molecule has 1 heterocycles. The second kappa shape index (κ2) is 13.0. The Hall–Kier alpha value is -3.96. The molecular weight excluding hydrogens is 588 g/mol. The van der Waals surface area contributed by atoms with Crippen molar-refractivity contribution in [3.8, 4) is 0 Å². The van der Waals surface area contributed by atoms with Crippen LogP contribution in [0, 0.1) is 28.6 Å². The first-order chi connectivity index (χ1) is 21.4. The Kier molecular flexibility index (Phi) is 9.89. The summed E-state index contributed by atoms with van der Waals surface area (Å²) >= 11 is 0. The van der Waals surface area contributed by atoms with Crippen molar-refractivity contribution in [2.24, 2.45) is 34.3 Å². The van der Waals surface area contributed by atoms with Gasteiger partial charge in [-0.1, -0.05) is 54.4 Å². The zero-order valence-electron chi connectivity index (χ0n) is 28.3. The first-order valence-electron chi connectivity index (χ1n) is 16.2. The fraction of sp³-hybridized carbons (Fsp3) is 0.647. The molecular formula is C34H50N6O6. The highest BCUT2D eigenvalue weighted by atomic mass is 16.2. The van der Waals surface area contributed by atoms with Gasteiger partial charge in [-0.3, -0.25) is 24.0 Å². The quantitative estimate of drug-likeness (QED) is 0.190. The number of primary amides is 1. The van der Waals surface area contributed by atoms with E-state index in [0.29, 0.717) is 24.9 Å². The van der Waals surface area contributed by atoms with Gasteiger partial charge in [0.05, 0.1) is 12.1 Å². The fourth-order valence-electron chi connectivity index (χ4n) is 6.78. The molecule has 1 aromatic carbocycles. The van der Waals surface area contributed by atoms with E-state index < -0.39 is 59.1 Å². The number of piperidine rings is 1. The highest BCUT2D eigenvalue weighted by molar-refractivity contribution is 6.37. The largest absolute Gasteiger partial charge is 0.378 e. The molecule has 1 saturated heterocycles. The van der Waals surface area contributed by atoms with Gasteiger partial charge < -0.3 is 31.5 Å². The van der Waals surface area contributed by atoms with Crippen LogP contribution in [0.3, 0.4) is 0 Å². The Balaban J connectivity index is 1.50. The van der Waals surface area contributed by atoms with Gasteiger partial charge in [0.25, 0.3) is 5.91 Å². The van der Waals surface area contributed by atoms with Crippen LogP contribution in [-0.2, 0) is 19.2 Å². The van der Waals surface area contributed by atoms with E-state index in [0.717, 1.165) is 18.5 Å². The third kappa shape index (κ3) is 7.36. The van der Waals surface area contributed by atoms with Gasteiger partial charge in [-0.2, -0.15) is 0 Å². The van der Waals surface area contributed by atoms with E-state index in [-0.39, 0.29) is 29.0 Å². The lowest BCUT2D eigenvalue weighted by molar-refractivity contribution is -0.145. The molecule has 0 bridgehead atoms. The molecule has 0 aromatic heterocycles. The topological polar surface area (TPSA) is 171 Å². The van der Waals surface area contributed by atoms with Gasteiger partial charge in [0.15, 0.2) is 5.78 Å². The lowest BCUT2D eigenvalue weighted by Crippen LogP contribution is -2.62. The van der Waals surface area contributed by atoms with E-state index in [2.05, 4.69) is 16.0 Å². The van der Waals surface area contributed by atoms with Crippen molar-refractivity contribution in [2.45, 2.75) is 91.4 Å². The molecule has 1 aromatic rings. The summed E-state index contributed by atoms with van der Waals surface area (Å²) in [4.78, 5) is 82.4. The number of anilines is 1. The maximum Gasteiger partial charge on any atom is 0.316 e. The average molecular weight is 639 g/mol. The van der Waals surface area contributed by atoms with Gasteiger partial charge in [-0.25, -0.2) is 4.79 Å². The Bertz CT molecular complexity index is 1380. The molecule has 3 fully saturated rings. The first-order valence-corrected chi connectivity index (χ1v) is 16.2. The van der Waals surface area contributed by atoms with Gasteiger partial charge in [0.1, 0.15) is 12.1 Å². The Morgan fingerprint density at radius 1 is 0.978 bits per heavy atom. The number of amides is 5. The SMILES string of the molecule is CC[C@H](NC(=O)N[C@H](C(=O)N1C[C@H]2[C@@H]([C@H]1C(=O)NC(CC1CC1)C(=O)C(N)=O)C2(C)C)C(C)(C)C)C(=O)c1ccc(N(C)C)cc1. The van der Waals surface area contributed by atoms with E-state index in [1.54, 1.807) is 19.1 Å². The summed E-state index contributed by atoms with van der Waals surface area (Å²) in [5.41, 5.74) is 5.75. The molecule has 1 aliphatic heterocycles. The standard InChI is InChI=1S/C34H50N6O6/c1-9-22(26(41)19-12-14-20(15-13-19)39(7)8)37-32(46)38-28(33(2,3)4)31(45)40-17-21-24(34(21,5)6)25(40)30(44)36-23(16-18-10-11-18)27(42)29(35)43/h12-15,18,21-25,28H,9-11,16-17H2,1-8H3,(H2,35,43)(H,36,44)(H2,37,38,46)/t21-,22-,23?,24-,25-,28+/m0/s1. The molecule has 0 spiro atoms.